The molecule has 1 N–H and O–H groups in total. The summed E-state index contributed by atoms with van der Waals surface area (Å²) in [5.74, 6) is 0.533. The predicted molar refractivity (Wildman–Crippen MR) is 104 cm³/mol. The van der Waals surface area contributed by atoms with Gasteiger partial charge < -0.3 is 10.1 Å². The Hall–Kier alpha value is -2.07. The molecule has 0 aliphatic rings. The maximum atomic E-state index is 12.9. The van der Waals surface area contributed by atoms with Crippen LogP contribution < -0.4 is 10.1 Å². The lowest BCUT2D eigenvalue weighted by Gasteiger charge is -2.10. The number of halogens is 3. The minimum Gasteiger partial charge on any atom is -0.489 e. The van der Waals surface area contributed by atoms with Gasteiger partial charge in [-0.1, -0.05) is 53.5 Å². The van der Waals surface area contributed by atoms with Crippen molar-refractivity contribution in [2.24, 2.45) is 0 Å². The molecule has 0 unspecified atom stereocenters. The molecule has 0 aliphatic carbocycles. The SMILES string of the molecule is Fc1ccc(CNCc2ccc(OCc3c(Cl)cccc3Cl)cc2)cc1. The molecule has 0 saturated carbocycles. The second-order valence-corrected chi connectivity index (χ2v) is 6.68. The Morgan fingerprint density at radius 3 is 1.88 bits per heavy atom. The van der Waals surface area contributed by atoms with Crippen molar-refractivity contribution in [3.8, 4) is 5.75 Å². The Bertz CT molecular complexity index is 831. The van der Waals surface area contributed by atoms with Gasteiger partial charge in [-0.25, -0.2) is 4.39 Å². The molecule has 5 heteroatoms. The molecular weight excluding hydrogens is 372 g/mol. The zero-order chi connectivity index (χ0) is 18.4. The van der Waals surface area contributed by atoms with Crippen LogP contribution in [0, 0.1) is 5.82 Å². The van der Waals surface area contributed by atoms with Crippen molar-refractivity contribution in [1.82, 2.24) is 5.32 Å². The molecule has 3 aromatic rings. The van der Waals surface area contributed by atoms with Crippen molar-refractivity contribution in [3.05, 3.63) is 99.3 Å². The van der Waals surface area contributed by atoms with Crippen LogP contribution in [0.2, 0.25) is 10.0 Å². The summed E-state index contributed by atoms with van der Waals surface area (Å²) in [6.07, 6.45) is 0. The molecule has 0 fully saturated rings. The Balaban J connectivity index is 1.49. The van der Waals surface area contributed by atoms with E-state index in [1.54, 1.807) is 24.3 Å². The topological polar surface area (TPSA) is 21.3 Å². The molecule has 0 heterocycles. The Labute approximate surface area is 162 Å². The van der Waals surface area contributed by atoms with Crippen LogP contribution in [0.1, 0.15) is 16.7 Å². The van der Waals surface area contributed by atoms with Gasteiger partial charge in [-0.2, -0.15) is 0 Å². The van der Waals surface area contributed by atoms with E-state index in [2.05, 4.69) is 5.32 Å². The number of hydrogen-bond donors (Lipinski definition) is 1. The molecule has 0 radical (unpaired) electrons. The van der Waals surface area contributed by atoms with Crippen LogP contribution in [0.4, 0.5) is 4.39 Å². The molecule has 0 spiro atoms. The first-order chi connectivity index (χ1) is 12.6. The molecule has 0 aromatic heterocycles. The van der Waals surface area contributed by atoms with Crippen LogP contribution in [0.5, 0.6) is 5.75 Å². The molecule has 0 aliphatic heterocycles. The van der Waals surface area contributed by atoms with E-state index in [0.29, 0.717) is 29.7 Å². The molecule has 2 nitrogen and oxygen atoms in total. The minimum atomic E-state index is -0.220. The molecule has 0 atom stereocenters. The lowest BCUT2D eigenvalue weighted by molar-refractivity contribution is 0.306. The molecule has 134 valence electrons. The summed E-state index contributed by atoms with van der Waals surface area (Å²) in [6, 6.07) is 19.7. The fourth-order valence-corrected chi connectivity index (χ4v) is 2.99. The fraction of sp³-hybridized carbons (Fsp3) is 0.143. The standard InChI is InChI=1S/C21H18Cl2FNO/c22-20-2-1-3-21(23)19(20)14-26-18-10-6-16(7-11-18)13-25-12-15-4-8-17(24)9-5-15/h1-11,25H,12-14H2. The first-order valence-corrected chi connectivity index (χ1v) is 8.97. The van der Waals surface area contributed by atoms with Crippen molar-refractivity contribution < 1.29 is 9.13 Å². The van der Waals surface area contributed by atoms with Crippen LogP contribution in [0.25, 0.3) is 0 Å². The first-order valence-electron chi connectivity index (χ1n) is 8.21. The number of benzene rings is 3. The van der Waals surface area contributed by atoms with E-state index in [0.717, 1.165) is 22.4 Å². The lowest BCUT2D eigenvalue weighted by Crippen LogP contribution is -2.12. The van der Waals surface area contributed by atoms with Crippen LogP contribution in [-0.2, 0) is 19.7 Å². The van der Waals surface area contributed by atoms with Gasteiger partial charge in [0.2, 0.25) is 0 Å². The number of ether oxygens (including phenoxy) is 1. The first kappa shape index (κ1) is 18.7. The fourth-order valence-electron chi connectivity index (χ4n) is 2.48. The highest BCUT2D eigenvalue weighted by molar-refractivity contribution is 6.35. The zero-order valence-electron chi connectivity index (χ0n) is 14.0. The number of rotatable bonds is 7. The average molecular weight is 390 g/mol. The van der Waals surface area contributed by atoms with Crippen LogP contribution in [-0.4, -0.2) is 0 Å². The largest absolute Gasteiger partial charge is 0.489 e. The third-order valence-corrected chi connectivity index (χ3v) is 4.65. The van der Waals surface area contributed by atoms with Crippen molar-refractivity contribution >= 4 is 23.2 Å². The number of nitrogens with one attached hydrogen (secondary N) is 1. The van der Waals surface area contributed by atoms with E-state index in [-0.39, 0.29) is 5.82 Å². The van der Waals surface area contributed by atoms with Gasteiger partial charge in [0.15, 0.2) is 0 Å². The van der Waals surface area contributed by atoms with Gasteiger partial charge >= 0.3 is 0 Å². The maximum absolute atomic E-state index is 12.9. The molecule has 3 aromatic carbocycles. The summed E-state index contributed by atoms with van der Waals surface area (Å²) in [5.41, 5.74) is 2.96. The van der Waals surface area contributed by atoms with Gasteiger partial charge in [-0.05, 0) is 47.5 Å². The zero-order valence-corrected chi connectivity index (χ0v) is 15.5. The summed E-state index contributed by atoms with van der Waals surface area (Å²) >= 11 is 12.3. The van der Waals surface area contributed by atoms with E-state index in [1.807, 2.05) is 30.3 Å². The predicted octanol–water partition coefficient (Wildman–Crippen LogP) is 6.00. The molecule has 0 bridgehead atoms. The normalized spacial score (nSPS) is 10.7. The van der Waals surface area contributed by atoms with Crippen molar-refractivity contribution in [1.29, 1.82) is 0 Å². The second kappa shape index (κ2) is 9.04. The van der Waals surface area contributed by atoms with Crippen LogP contribution in [0.15, 0.2) is 66.7 Å². The summed E-state index contributed by atoms with van der Waals surface area (Å²) < 4.78 is 18.6. The van der Waals surface area contributed by atoms with Crippen molar-refractivity contribution in [3.63, 3.8) is 0 Å². The Morgan fingerprint density at radius 2 is 1.31 bits per heavy atom. The molecule has 26 heavy (non-hydrogen) atoms. The van der Waals surface area contributed by atoms with Gasteiger partial charge in [-0.15, -0.1) is 0 Å². The summed E-state index contributed by atoms with van der Waals surface area (Å²) in [6.45, 7) is 1.72. The van der Waals surface area contributed by atoms with E-state index in [9.17, 15) is 4.39 Å². The van der Waals surface area contributed by atoms with E-state index in [1.165, 1.54) is 12.1 Å². The van der Waals surface area contributed by atoms with E-state index in [4.69, 9.17) is 27.9 Å². The molecule has 3 rings (SSSR count). The van der Waals surface area contributed by atoms with Crippen molar-refractivity contribution in [2.45, 2.75) is 19.7 Å². The monoisotopic (exact) mass is 389 g/mol. The van der Waals surface area contributed by atoms with Gasteiger partial charge in [0.1, 0.15) is 18.2 Å². The van der Waals surface area contributed by atoms with Crippen molar-refractivity contribution in [2.75, 3.05) is 0 Å². The highest BCUT2D eigenvalue weighted by Crippen LogP contribution is 2.26. The van der Waals surface area contributed by atoms with Crippen LogP contribution >= 0.6 is 23.2 Å². The smallest absolute Gasteiger partial charge is 0.123 e. The Morgan fingerprint density at radius 1 is 0.769 bits per heavy atom. The average Bonchev–Trinajstić information content (AvgIpc) is 2.64. The Kier molecular flexibility index (Phi) is 6.51. The highest BCUT2D eigenvalue weighted by Gasteiger charge is 2.06. The van der Waals surface area contributed by atoms with Gasteiger partial charge in [0.05, 0.1) is 0 Å². The summed E-state index contributed by atoms with van der Waals surface area (Å²) in [5, 5.41) is 4.52. The third kappa shape index (κ3) is 5.21. The summed E-state index contributed by atoms with van der Waals surface area (Å²) in [4.78, 5) is 0. The highest BCUT2D eigenvalue weighted by atomic mass is 35.5. The summed E-state index contributed by atoms with van der Waals surface area (Å²) in [7, 11) is 0. The third-order valence-electron chi connectivity index (χ3n) is 3.94. The molecule has 0 amide bonds. The van der Waals surface area contributed by atoms with Gasteiger partial charge in [0.25, 0.3) is 0 Å². The van der Waals surface area contributed by atoms with Gasteiger partial charge in [0, 0.05) is 28.7 Å². The lowest BCUT2D eigenvalue weighted by atomic mass is 10.2. The van der Waals surface area contributed by atoms with Gasteiger partial charge in [-0.3, -0.25) is 0 Å². The second-order valence-electron chi connectivity index (χ2n) is 5.86. The van der Waals surface area contributed by atoms with E-state index >= 15 is 0 Å². The van der Waals surface area contributed by atoms with E-state index < -0.39 is 0 Å². The van der Waals surface area contributed by atoms with Crippen LogP contribution in [0.3, 0.4) is 0 Å². The quantitative estimate of drug-likeness (QED) is 0.534. The minimum absolute atomic E-state index is 0.220. The molecule has 0 saturated heterocycles. The maximum Gasteiger partial charge on any atom is 0.123 e. The molecular formula is C21H18Cl2FNO. The number of hydrogen-bond acceptors (Lipinski definition) is 2.